The molecule has 0 aliphatic rings. The third kappa shape index (κ3) is 2.95. The number of carbonyl (C=O) groups excluding carboxylic acids is 1. The van der Waals surface area contributed by atoms with E-state index in [2.05, 4.69) is 0 Å². The monoisotopic (exact) mass is 365 g/mol. The zero-order valence-corrected chi connectivity index (χ0v) is 12.7. The molecule has 0 bridgehead atoms. The van der Waals surface area contributed by atoms with Crippen LogP contribution in [-0.4, -0.2) is 31.1 Å². The van der Waals surface area contributed by atoms with Gasteiger partial charge in [0.15, 0.2) is 28.2 Å². The number of benzene rings is 1. The molecule has 0 heterocycles. The average Bonchev–Trinajstić information content (AvgIpc) is 2.43. The molecular formula is C11H9ClF5NO3S. The maximum atomic E-state index is 13.6. The molecule has 1 aromatic rings. The lowest BCUT2D eigenvalue weighted by Gasteiger charge is -2.24. The van der Waals surface area contributed by atoms with Crippen LogP contribution in [0.25, 0.3) is 0 Å². The Kier molecular flexibility index (Phi) is 5.52. The van der Waals surface area contributed by atoms with E-state index in [0.29, 0.717) is 0 Å². The molecule has 0 aromatic heterocycles. The molecule has 1 aromatic carbocycles. The van der Waals surface area contributed by atoms with Gasteiger partial charge in [0.25, 0.3) is 0 Å². The van der Waals surface area contributed by atoms with E-state index < -0.39 is 55.3 Å². The van der Waals surface area contributed by atoms with Gasteiger partial charge in [-0.05, 0) is 18.0 Å². The predicted molar refractivity (Wildman–Crippen MR) is 66.1 cm³/mol. The van der Waals surface area contributed by atoms with Crippen molar-refractivity contribution in [2.75, 3.05) is 7.05 Å². The van der Waals surface area contributed by atoms with Gasteiger partial charge in [-0.1, -0.05) is 6.92 Å². The molecule has 1 atom stereocenters. The first-order valence-corrected chi connectivity index (χ1v) is 7.49. The highest BCUT2D eigenvalue weighted by Gasteiger charge is 2.39. The molecule has 0 saturated heterocycles. The summed E-state index contributed by atoms with van der Waals surface area (Å²) in [6.07, 6.45) is -0.173. The number of hydrogen-bond acceptors (Lipinski definition) is 3. The fourth-order valence-electron chi connectivity index (χ4n) is 1.68. The molecule has 0 aliphatic heterocycles. The van der Waals surface area contributed by atoms with Crippen LogP contribution in [0.1, 0.15) is 13.3 Å². The number of likely N-dealkylation sites (N-methyl/N-ethyl adjacent to an activating group) is 1. The molecule has 0 amide bonds. The first kappa shape index (κ1) is 18.8. The van der Waals surface area contributed by atoms with E-state index in [-0.39, 0.29) is 10.7 Å². The number of sulfonamides is 1. The standard InChI is InChI=1S/C11H9ClF5NO3S/c1-3-4(11(12)19)18(2)22(20,21)10-8(16)6(14)5(13)7(15)9(10)17/h4H,3H2,1-2H3/t4-/m0/s1. The van der Waals surface area contributed by atoms with Crippen LogP contribution in [0.5, 0.6) is 0 Å². The Morgan fingerprint density at radius 2 is 1.41 bits per heavy atom. The molecule has 0 spiro atoms. The normalized spacial score (nSPS) is 13.5. The van der Waals surface area contributed by atoms with Crippen molar-refractivity contribution in [3.05, 3.63) is 29.1 Å². The summed E-state index contributed by atoms with van der Waals surface area (Å²) < 4.78 is 90.6. The first-order chi connectivity index (χ1) is 9.98. The van der Waals surface area contributed by atoms with Crippen LogP contribution in [0.15, 0.2) is 4.90 Å². The van der Waals surface area contributed by atoms with E-state index in [0.717, 1.165) is 7.05 Å². The van der Waals surface area contributed by atoms with Crippen molar-refractivity contribution >= 4 is 26.9 Å². The number of rotatable bonds is 5. The van der Waals surface area contributed by atoms with Gasteiger partial charge in [0, 0.05) is 7.05 Å². The van der Waals surface area contributed by atoms with Gasteiger partial charge in [0.05, 0.1) is 6.04 Å². The molecule has 11 heteroatoms. The Labute approximate surface area is 127 Å². The molecule has 4 nitrogen and oxygen atoms in total. The van der Waals surface area contributed by atoms with E-state index in [4.69, 9.17) is 11.6 Å². The maximum absolute atomic E-state index is 13.6. The van der Waals surface area contributed by atoms with E-state index >= 15 is 0 Å². The Morgan fingerprint density at radius 1 is 1.05 bits per heavy atom. The summed E-state index contributed by atoms with van der Waals surface area (Å²) in [6, 6.07) is -1.53. The maximum Gasteiger partial charge on any atom is 0.249 e. The van der Waals surface area contributed by atoms with E-state index in [1.54, 1.807) is 0 Å². The van der Waals surface area contributed by atoms with Crippen molar-refractivity contribution in [2.24, 2.45) is 0 Å². The summed E-state index contributed by atoms with van der Waals surface area (Å²) in [4.78, 5) is 9.08. The fraction of sp³-hybridized carbons (Fsp3) is 0.364. The van der Waals surface area contributed by atoms with E-state index in [9.17, 15) is 35.2 Å². The minimum absolute atomic E-state index is 0.153. The van der Waals surface area contributed by atoms with Crippen LogP contribution in [-0.2, 0) is 14.8 Å². The highest BCUT2D eigenvalue weighted by atomic mass is 35.5. The van der Waals surface area contributed by atoms with Crippen molar-refractivity contribution in [3.63, 3.8) is 0 Å². The van der Waals surface area contributed by atoms with Crippen LogP contribution >= 0.6 is 11.6 Å². The van der Waals surface area contributed by atoms with Crippen LogP contribution in [0, 0.1) is 29.1 Å². The Morgan fingerprint density at radius 3 is 1.73 bits per heavy atom. The quantitative estimate of drug-likeness (QED) is 0.349. The second-order valence-electron chi connectivity index (χ2n) is 4.15. The van der Waals surface area contributed by atoms with Gasteiger partial charge < -0.3 is 0 Å². The van der Waals surface area contributed by atoms with Crippen LogP contribution in [0.4, 0.5) is 22.0 Å². The first-order valence-electron chi connectivity index (χ1n) is 5.67. The lowest BCUT2D eigenvalue weighted by atomic mass is 10.2. The smallest absolute Gasteiger partial charge is 0.249 e. The molecule has 0 saturated carbocycles. The largest absolute Gasteiger partial charge is 0.279 e. The van der Waals surface area contributed by atoms with Gasteiger partial charge in [-0.15, -0.1) is 0 Å². The Balaban J connectivity index is 3.64. The van der Waals surface area contributed by atoms with Crippen LogP contribution in [0.3, 0.4) is 0 Å². The summed E-state index contributed by atoms with van der Waals surface area (Å²) in [6.45, 7) is 1.34. The van der Waals surface area contributed by atoms with E-state index in [1.807, 2.05) is 0 Å². The van der Waals surface area contributed by atoms with Gasteiger partial charge in [-0.2, -0.15) is 4.31 Å². The van der Waals surface area contributed by atoms with Gasteiger partial charge in [-0.25, -0.2) is 30.4 Å². The average molecular weight is 366 g/mol. The molecular weight excluding hydrogens is 357 g/mol. The highest BCUT2D eigenvalue weighted by molar-refractivity contribution is 7.89. The van der Waals surface area contributed by atoms with Gasteiger partial charge in [0.2, 0.25) is 21.1 Å². The van der Waals surface area contributed by atoms with Crippen molar-refractivity contribution in [1.82, 2.24) is 4.31 Å². The minimum Gasteiger partial charge on any atom is -0.279 e. The minimum atomic E-state index is -5.19. The predicted octanol–water partition coefficient (Wildman–Crippen LogP) is 2.55. The van der Waals surface area contributed by atoms with Gasteiger partial charge >= 0.3 is 0 Å². The zero-order valence-electron chi connectivity index (χ0n) is 11.1. The molecule has 0 aliphatic carbocycles. The second kappa shape index (κ2) is 6.47. The van der Waals surface area contributed by atoms with Crippen molar-refractivity contribution in [3.8, 4) is 0 Å². The lowest BCUT2D eigenvalue weighted by molar-refractivity contribution is -0.114. The number of halogens is 6. The fourth-order valence-corrected chi connectivity index (χ4v) is 3.54. The molecule has 0 unspecified atom stereocenters. The van der Waals surface area contributed by atoms with Crippen LogP contribution in [0.2, 0.25) is 0 Å². The molecule has 124 valence electrons. The summed E-state index contributed by atoms with van der Waals surface area (Å²) in [5, 5.41) is -1.17. The van der Waals surface area contributed by atoms with E-state index in [1.165, 1.54) is 6.92 Å². The van der Waals surface area contributed by atoms with Crippen molar-refractivity contribution in [2.45, 2.75) is 24.3 Å². The molecule has 22 heavy (non-hydrogen) atoms. The second-order valence-corrected chi connectivity index (χ2v) is 6.46. The Bertz CT molecular complexity index is 696. The molecule has 0 N–H and O–H groups in total. The molecule has 0 radical (unpaired) electrons. The topological polar surface area (TPSA) is 54.5 Å². The summed E-state index contributed by atoms with van der Waals surface area (Å²) in [7, 11) is -4.45. The van der Waals surface area contributed by atoms with Gasteiger partial charge in [-0.3, -0.25) is 4.79 Å². The van der Waals surface area contributed by atoms with Crippen molar-refractivity contribution in [1.29, 1.82) is 0 Å². The molecule has 0 fully saturated rings. The summed E-state index contributed by atoms with van der Waals surface area (Å²) in [5.74, 6) is -12.3. The number of carbonyl (C=O) groups is 1. The number of hydrogen-bond donors (Lipinski definition) is 0. The van der Waals surface area contributed by atoms with Crippen LogP contribution < -0.4 is 0 Å². The lowest BCUT2D eigenvalue weighted by Crippen LogP contribution is -2.41. The summed E-state index contributed by atoms with van der Waals surface area (Å²) in [5.41, 5.74) is 0. The third-order valence-electron chi connectivity index (χ3n) is 2.89. The molecule has 1 rings (SSSR count). The third-order valence-corrected chi connectivity index (χ3v) is 5.03. The zero-order chi connectivity index (χ0) is 17.4. The Hall–Kier alpha value is -1.26. The van der Waals surface area contributed by atoms with Gasteiger partial charge in [0.1, 0.15) is 0 Å². The number of nitrogens with zero attached hydrogens (tertiary/aromatic N) is 1. The highest BCUT2D eigenvalue weighted by Crippen LogP contribution is 2.29. The summed E-state index contributed by atoms with van der Waals surface area (Å²) >= 11 is 5.16. The van der Waals surface area contributed by atoms with Crippen molar-refractivity contribution < 1.29 is 35.2 Å². The SMILES string of the molecule is CC[C@@H](C(=O)Cl)N(C)S(=O)(=O)c1c(F)c(F)c(F)c(F)c1F.